The molecule has 1 aromatic heterocycles. The summed E-state index contributed by atoms with van der Waals surface area (Å²) in [5.74, 6) is -1.45. The lowest BCUT2D eigenvalue weighted by Crippen LogP contribution is -2.37. The zero-order valence-corrected chi connectivity index (χ0v) is 15.2. The predicted molar refractivity (Wildman–Crippen MR) is 95.3 cm³/mol. The molecule has 130 valence electrons. The van der Waals surface area contributed by atoms with Gasteiger partial charge in [0.1, 0.15) is 0 Å². The molecular formula is C17H16BrN3O4. The molecule has 0 aliphatic rings. The number of hydrogen-bond acceptors (Lipinski definition) is 5. The average Bonchev–Trinajstić information content (AvgIpc) is 2.55. The monoisotopic (exact) mass is 405 g/mol. The number of esters is 1. The molecule has 7 nitrogen and oxygen atoms in total. The van der Waals surface area contributed by atoms with Crippen molar-refractivity contribution in [1.82, 2.24) is 10.3 Å². The van der Waals surface area contributed by atoms with Crippen LogP contribution in [-0.4, -0.2) is 29.5 Å². The largest absolute Gasteiger partial charge is 0.452 e. The second-order valence-corrected chi connectivity index (χ2v) is 6.20. The van der Waals surface area contributed by atoms with Gasteiger partial charge >= 0.3 is 12.0 Å². The molecule has 0 saturated carbocycles. The van der Waals surface area contributed by atoms with Crippen LogP contribution >= 0.6 is 15.9 Å². The number of anilines is 1. The summed E-state index contributed by atoms with van der Waals surface area (Å²) in [4.78, 5) is 39.2. The smallest absolute Gasteiger partial charge is 0.340 e. The van der Waals surface area contributed by atoms with Crippen molar-refractivity contribution in [3.05, 3.63) is 57.8 Å². The molecule has 0 bridgehead atoms. The van der Waals surface area contributed by atoms with E-state index in [4.69, 9.17) is 4.74 Å². The molecule has 2 rings (SSSR count). The number of halogens is 1. The van der Waals surface area contributed by atoms with Crippen LogP contribution in [0.25, 0.3) is 0 Å². The van der Waals surface area contributed by atoms with Gasteiger partial charge in [0.2, 0.25) is 0 Å². The van der Waals surface area contributed by atoms with Gasteiger partial charge in [-0.2, -0.15) is 0 Å². The van der Waals surface area contributed by atoms with Crippen molar-refractivity contribution in [2.75, 3.05) is 11.9 Å². The van der Waals surface area contributed by atoms with Gasteiger partial charge in [-0.05, 0) is 47.5 Å². The number of rotatable bonds is 4. The minimum atomic E-state index is -0.737. The SMILES string of the molecule is Cc1ccc(NC(=O)NC(=O)COC(=O)c2cncc(Br)c2)c(C)c1. The van der Waals surface area contributed by atoms with Crippen molar-refractivity contribution >= 4 is 39.5 Å². The van der Waals surface area contributed by atoms with Gasteiger partial charge < -0.3 is 10.1 Å². The molecular weight excluding hydrogens is 390 g/mol. The number of carbonyl (C=O) groups excluding carboxylic acids is 3. The van der Waals surface area contributed by atoms with Crippen LogP contribution in [-0.2, 0) is 9.53 Å². The van der Waals surface area contributed by atoms with Crippen molar-refractivity contribution in [2.24, 2.45) is 0 Å². The highest BCUT2D eigenvalue weighted by molar-refractivity contribution is 9.10. The molecule has 3 amide bonds. The first kappa shape index (κ1) is 18.6. The van der Waals surface area contributed by atoms with Gasteiger partial charge in [0.15, 0.2) is 6.61 Å². The Morgan fingerprint density at radius 2 is 1.92 bits per heavy atom. The number of nitrogens with zero attached hydrogens (tertiary/aromatic N) is 1. The van der Waals surface area contributed by atoms with Crippen molar-refractivity contribution in [3.63, 3.8) is 0 Å². The Morgan fingerprint density at radius 1 is 1.16 bits per heavy atom. The lowest BCUT2D eigenvalue weighted by molar-refractivity contribution is -0.123. The zero-order chi connectivity index (χ0) is 18.4. The van der Waals surface area contributed by atoms with E-state index in [1.165, 1.54) is 18.5 Å². The van der Waals surface area contributed by atoms with Crippen LogP contribution in [0, 0.1) is 13.8 Å². The molecule has 8 heteroatoms. The highest BCUT2D eigenvalue weighted by atomic mass is 79.9. The minimum absolute atomic E-state index is 0.196. The van der Waals surface area contributed by atoms with Gasteiger partial charge in [0.25, 0.3) is 5.91 Å². The highest BCUT2D eigenvalue weighted by Gasteiger charge is 2.13. The Morgan fingerprint density at radius 3 is 2.60 bits per heavy atom. The number of benzene rings is 1. The van der Waals surface area contributed by atoms with Crippen LogP contribution in [0.5, 0.6) is 0 Å². The topological polar surface area (TPSA) is 97.4 Å². The first-order valence-corrected chi connectivity index (χ1v) is 8.10. The van der Waals surface area contributed by atoms with Crippen molar-refractivity contribution < 1.29 is 19.1 Å². The van der Waals surface area contributed by atoms with Gasteiger partial charge in [-0.25, -0.2) is 9.59 Å². The van der Waals surface area contributed by atoms with Crippen LogP contribution in [0.4, 0.5) is 10.5 Å². The molecule has 0 saturated heterocycles. The summed E-state index contributed by atoms with van der Waals surface area (Å²) in [6, 6.07) is 6.32. The maximum absolute atomic E-state index is 11.8. The summed E-state index contributed by atoms with van der Waals surface area (Å²) in [6.45, 7) is 3.21. The lowest BCUT2D eigenvalue weighted by atomic mass is 10.1. The van der Waals surface area contributed by atoms with E-state index in [2.05, 4.69) is 31.5 Å². The number of aromatic nitrogens is 1. The number of ether oxygens (including phenoxy) is 1. The molecule has 0 unspecified atom stereocenters. The molecule has 0 spiro atoms. The maximum Gasteiger partial charge on any atom is 0.340 e. The van der Waals surface area contributed by atoms with E-state index in [0.717, 1.165) is 11.1 Å². The van der Waals surface area contributed by atoms with E-state index in [1.807, 2.05) is 26.0 Å². The number of aryl methyl sites for hydroxylation is 2. The Balaban J connectivity index is 1.83. The summed E-state index contributed by atoms with van der Waals surface area (Å²) in [7, 11) is 0. The number of pyridine rings is 1. The summed E-state index contributed by atoms with van der Waals surface area (Å²) in [5, 5.41) is 4.66. The molecule has 2 N–H and O–H groups in total. The van der Waals surface area contributed by atoms with Gasteiger partial charge in [-0.15, -0.1) is 0 Å². The quantitative estimate of drug-likeness (QED) is 0.761. The van der Waals surface area contributed by atoms with Gasteiger partial charge in [0.05, 0.1) is 5.56 Å². The van der Waals surface area contributed by atoms with E-state index in [-0.39, 0.29) is 5.56 Å². The third-order valence-electron chi connectivity index (χ3n) is 3.16. The summed E-state index contributed by atoms with van der Waals surface area (Å²) >= 11 is 3.18. The molecule has 0 aliphatic heterocycles. The van der Waals surface area contributed by atoms with Gasteiger partial charge in [-0.1, -0.05) is 17.7 Å². The number of amides is 3. The van der Waals surface area contributed by atoms with E-state index in [1.54, 1.807) is 6.07 Å². The summed E-state index contributed by atoms with van der Waals surface area (Å²) < 4.78 is 5.45. The fourth-order valence-electron chi connectivity index (χ4n) is 2.01. The standard InChI is InChI=1S/C17H16BrN3O4/c1-10-3-4-14(11(2)5-10)20-17(24)21-15(22)9-25-16(23)12-6-13(18)8-19-7-12/h3-8H,9H2,1-2H3,(H2,20,21,22,24). The fraction of sp³-hybridized carbons (Fsp3) is 0.176. The van der Waals surface area contributed by atoms with Crippen LogP contribution in [0.2, 0.25) is 0 Å². The van der Waals surface area contributed by atoms with Crippen LogP contribution in [0.1, 0.15) is 21.5 Å². The molecule has 0 aliphatic carbocycles. The Bertz CT molecular complexity index is 823. The third-order valence-corrected chi connectivity index (χ3v) is 3.59. The lowest BCUT2D eigenvalue weighted by Gasteiger charge is -2.10. The predicted octanol–water partition coefficient (Wildman–Crippen LogP) is 2.97. The molecule has 0 radical (unpaired) electrons. The Hall–Kier alpha value is -2.74. The summed E-state index contributed by atoms with van der Waals surface area (Å²) in [6.07, 6.45) is 2.83. The fourth-order valence-corrected chi connectivity index (χ4v) is 2.37. The van der Waals surface area contributed by atoms with E-state index in [9.17, 15) is 14.4 Å². The van der Waals surface area contributed by atoms with Crippen LogP contribution in [0.3, 0.4) is 0 Å². The minimum Gasteiger partial charge on any atom is -0.452 e. The van der Waals surface area contributed by atoms with Crippen molar-refractivity contribution in [3.8, 4) is 0 Å². The number of urea groups is 1. The zero-order valence-electron chi connectivity index (χ0n) is 13.6. The van der Waals surface area contributed by atoms with E-state index >= 15 is 0 Å². The second-order valence-electron chi connectivity index (χ2n) is 5.29. The van der Waals surface area contributed by atoms with Crippen LogP contribution in [0.15, 0.2) is 41.1 Å². The van der Waals surface area contributed by atoms with Crippen LogP contribution < -0.4 is 10.6 Å². The number of imide groups is 1. The third kappa shape index (κ3) is 5.68. The van der Waals surface area contributed by atoms with Crippen molar-refractivity contribution in [1.29, 1.82) is 0 Å². The number of nitrogens with one attached hydrogen (secondary N) is 2. The molecule has 2 aromatic rings. The normalized spacial score (nSPS) is 10.0. The van der Waals surface area contributed by atoms with Gasteiger partial charge in [0, 0.05) is 22.6 Å². The first-order valence-electron chi connectivity index (χ1n) is 7.31. The maximum atomic E-state index is 11.8. The number of hydrogen-bond donors (Lipinski definition) is 2. The van der Waals surface area contributed by atoms with Gasteiger partial charge in [-0.3, -0.25) is 15.1 Å². The Kier molecular flexibility index (Phi) is 6.24. The second kappa shape index (κ2) is 8.39. The highest BCUT2D eigenvalue weighted by Crippen LogP contribution is 2.15. The molecule has 25 heavy (non-hydrogen) atoms. The van der Waals surface area contributed by atoms with E-state index in [0.29, 0.717) is 10.2 Å². The molecule has 0 atom stereocenters. The number of carbonyl (C=O) groups is 3. The first-order chi connectivity index (χ1) is 11.8. The molecule has 1 aromatic carbocycles. The molecule has 0 fully saturated rings. The summed E-state index contributed by atoms with van der Waals surface area (Å²) in [5.41, 5.74) is 2.72. The molecule has 1 heterocycles. The van der Waals surface area contributed by atoms with Crippen molar-refractivity contribution in [2.45, 2.75) is 13.8 Å². The van der Waals surface area contributed by atoms with E-state index < -0.39 is 24.5 Å². The average molecular weight is 406 g/mol. The Labute approximate surface area is 152 Å².